The SMILES string of the molecule is Fc1c(F)c(F)c(Nc2n[nH]c3c(F)c(Cl)c(-c4ccccc4)cc23)c(F)c1F.Fc1ccc(Nc2n[nH]c3c(F)c(Cl)c(-c4ccccc4)cc23)cc1F. The molecule has 0 saturated carbocycles. The molecular weight excluding hydrogens is 782 g/mol. The molecule has 17 heteroatoms. The number of benzene rings is 6. The maximum Gasteiger partial charge on any atom is 0.200 e. The summed E-state index contributed by atoms with van der Waals surface area (Å²) in [5.41, 5.74) is 0.937. The summed E-state index contributed by atoms with van der Waals surface area (Å²) in [6.45, 7) is 0. The van der Waals surface area contributed by atoms with Crippen LogP contribution in [-0.2, 0) is 0 Å². The highest BCUT2D eigenvalue weighted by Gasteiger charge is 2.27. The van der Waals surface area contributed by atoms with Crippen molar-refractivity contribution in [2.75, 3.05) is 10.6 Å². The van der Waals surface area contributed by atoms with Crippen molar-refractivity contribution in [3.8, 4) is 22.3 Å². The van der Waals surface area contributed by atoms with Crippen molar-refractivity contribution in [3.63, 3.8) is 0 Å². The van der Waals surface area contributed by atoms with Gasteiger partial charge in [-0.05, 0) is 35.4 Å². The molecule has 278 valence electrons. The van der Waals surface area contributed by atoms with Crippen LogP contribution in [0.4, 0.5) is 62.5 Å². The molecule has 0 aliphatic carbocycles. The first kappa shape index (κ1) is 37.1. The van der Waals surface area contributed by atoms with Gasteiger partial charge in [-0.3, -0.25) is 10.2 Å². The number of nitrogens with zero attached hydrogens (tertiary/aromatic N) is 2. The van der Waals surface area contributed by atoms with E-state index in [1.165, 1.54) is 12.1 Å². The fraction of sp³-hybridized carbons (Fsp3) is 0. The van der Waals surface area contributed by atoms with Crippen molar-refractivity contribution in [2.45, 2.75) is 0 Å². The second kappa shape index (κ2) is 14.9. The van der Waals surface area contributed by atoms with Crippen LogP contribution >= 0.6 is 23.2 Å². The minimum atomic E-state index is -2.29. The fourth-order valence-electron chi connectivity index (χ4n) is 5.58. The van der Waals surface area contributed by atoms with E-state index >= 15 is 0 Å². The Labute approximate surface area is 313 Å². The summed E-state index contributed by atoms with van der Waals surface area (Å²) >= 11 is 12.3. The van der Waals surface area contributed by atoms with Gasteiger partial charge in [0.2, 0.25) is 5.82 Å². The maximum absolute atomic E-state index is 14.7. The number of hydrogen-bond acceptors (Lipinski definition) is 4. The molecule has 0 bridgehead atoms. The lowest BCUT2D eigenvalue weighted by molar-refractivity contribution is 0.382. The summed E-state index contributed by atoms with van der Waals surface area (Å²) in [5.74, 6) is -14.2. The molecule has 8 rings (SSSR count). The van der Waals surface area contributed by atoms with Gasteiger partial charge in [0.15, 0.2) is 58.2 Å². The first-order valence-corrected chi connectivity index (χ1v) is 16.4. The molecule has 0 unspecified atom stereocenters. The van der Waals surface area contributed by atoms with E-state index in [0.717, 1.165) is 17.7 Å². The van der Waals surface area contributed by atoms with Crippen molar-refractivity contribution < 1.29 is 39.5 Å². The Bertz CT molecular complexity index is 2710. The van der Waals surface area contributed by atoms with Crippen molar-refractivity contribution in [1.82, 2.24) is 20.4 Å². The molecule has 0 aliphatic rings. The van der Waals surface area contributed by atoms with Gasteiger partial charge < -0.3 is 10.6 Å². The van der Waals surface area contributed by atoms with E-state index in [1.54, 1.807) is 36.4 Å². The van der Waals surface area contributed by atoms with Gasteiger partial charge >= 0.3 is 0 Å². The number of anilines is 4. The van der Waals surface area contributed by atoms with Gasteiger partial charge in [0.1, 0.15) is 16.7 Å². The summed E-state index contributed by atoms with van der Waals surface area (Å²) in [7, 11) is 0. The first-order chi connectivity index (χ1) is 26.3. The van der Waals surface area contributed by atoms with E-state index in [-0.39, 0.29) is 49.4 Å². The minimum Gasteiger partial charge on any atom is -0.338 e. The Hall–Kier alpha value is -6.19. The predicted molar refractivity (Wildman–Crippen MR) is 192 cm³/mol. The molecule has 0 saturated heterocycles. The van der Waals surface area contributed by atoms with Crippen LogP contribution < -0.4 is 10.6 Å². The van der Waals surface area contributed by atoms with Gasteiger partial charge in [-0.1, -0.05) is 83.9 Å². The second-order valence-corrected chi connectivity index (χ2v) is 12.4. The highest BCUT2D eigenvalue weighted by atomic mass is 35.5. The average molecular weight is 802 g/mol. The van der Waals surface area contributed by atoms with Gasteiger partial charge in [-0.15, -0.1) is 0 Å². The van der Waals surface area contributed by atoms with Gasteiger partial charge in [0.05, 0.1) is 10.0 Å². The molecule has 0 atom stereocenters. The smallest absolute Gasteiger partial charge is 0.200 e. The van der Waals surface area contributed by atoms with Crippen LogP contribution in [0.1, 0.15) is 0 Å². The first-order valence-electron chi connectivity index (χ1n) is 15.7. The van der Waals surface area contributed by atoms with Crippen LogP contribution in [0, 0.1) is 52.4 Å². The highest BCUT2D eigenvalue weighted by Crippen LogP contribution is 2.40. The van der Waals surface area contributed by atoms with Crippen LogP contribution in [0.5, 0.6) is 0 Å². The van der Waals surface area contributed by atoms with Crippen LogP contribution in [0.15, 0.2) is 91.0 Å². The van der Waals surface area contributed by atoms with Crippen molar-refractivity contribution in [1.29, 1.82) is 0 Å². The molecule has 4 N–H and O–H groups in total. The summed E-state index contributed by atoms with van der Waals surface area (Å²) in [6.07, 6.45) is 0. The molecule has 0 spiro atoms. The molecule has 6 nitrogen and oxygen atoms in total. The zero-order valence-electron chi connectivity index (χ0n) is 27.2. The number of aromatic nitrogens is 4. The zero-order chi connectivity index (χ0) is 39.1. The van der Waals surface area contributed by atoms with E-state index < -0.39 is 58.0 Å². The molecule has 0 aliphatic heterocycles. The Kier molecular flexibility index (Phi) is 10.1. The number of fused-ring (bicyclic) bond motifs is 2. The number of halogens is 11. The molecule has 8 aromatic rings. The number of H-pyrrole nitrogens is 2. The van der Waals surface area contributed by atoms with Crippen LogP contribution in [0.3, 0.4) is 0 Å². The molecule has 0 fully saturated rings. The van der Waals surface area contributed by atoms with Crippen LogP contribution in [0.25, 0.3) is 44.1 Å². The molecule has 55 heavy (non-hydrogen) atoms. The quantitative estimate of drug-likeness (QED) is 0.0767. The lowest BCUT2D eigenvalue weighted by Gasteiger charge is -2.10. The Morgan fingerprint density at radius 3 is 1.35 bits per heavy atom. The van der Waals surface area contributed by atoms with Gasteiger partial charge in [-0.2, -0.15) is 10.2 Å². The Morgan fingerprint density at radius 2 is 0.891 bits per heavy atom. The van der Waals surface area contributed by atoms with E-state index in [9.17, 15) is 39.5 Å². The number of rotatable bonds is 6. The molecule has 0 radical (unpaired) electrons. The third kappa shape index (κ3) is 6.87. The third-order valence-electron chi connectivity index (χ3n) is 8.29. The number of hydrogen-bond donors (Lipinski definition) is 4. The van der Waals surface area contributed by atoms with Crippen molar-refractivity contribution >= 4 is 68.0 Å². The normalized spacial score (nSPS) is 11.2. The minimum absolute atomic E-state index is 0.00491. The highest BCUT2D eigenvalue weighted by molar-refractivity contribution is 6.35. The maximum atomic E-state index is 14.7. The molecule has 2 aromatic heterocycles. The van der Waals surface area contributed by atoms with Crippen molar-refractivity contribution in [2.24, 2.45) is 0 Å². The van der Waals surface area contributed by atoms with E-state index in [4.69, 9.17) is 23.2 Å². The summed E-state index contributed by atoms with van der Waals surface area (Å²) in [5, 5.41) is 17.7. The van der Waals surface area contributed by atoms with Gasteiger partial charge in [0.25, 0.3) is 0 Å². The topological polar surface area (TPSA) is 81.4 Å². The van der Waals surface area contributed by atoms with E-state index in [1.807, 2.05) is 35.6 Å². The average Bonchev–Trinajstić information content (AvgIpc) is 3.80. The van der Waals surface area contributed by atoms with Crippen LogP contribution in [0.2, 0.25) is 10.0 Å². The molecular formula is C38H19Cl2F9N6. The zero-order valence-corrected chi connectivity index (χ0v) is 28.7. The molecule has 0 amide bonds. The Morgan fingerprint density at radius 1 is 0.455 bits per heavy atom. The fourth-order valence-corrected chi connectivity index (χ4v) is 6.09. The standard InChI is InChI=1S/C19H8ClF6N3.C19H11ClF3N3/c20-10-8(7-4-2-1-3-5-7)6-9-17(11(10)21)28-29-19(9)27-18-15(25)13(23)12(22)14(24)16(18)26;20-16-12(10-4-2-1-3-5-10)9-13-18(17(16)23)25-26-19(13)24-11-6-7-14(21)15(22)8-11/h1-6H,(H2,27,28,29);1-9H,(H2,24,25,26). The van der Waals surface area contributed by atoms with Gasteiger partial charge in [-0.25, -0.2) is 39.5 Å². The number of aromatic amines is 2. The molecule has 2 heterocycles. The van der Waals surface area contributed by atoms with E-state index in [2.05, 4.69) is 25.7 Å². The third-order valence-corrected chi connectivity index (χ3v) is 9.03. The molecule has 6 aromatic carbocycles. The Balaban J connectivity index is 0.000000170. The summed E-state index contributed by atoms with van der Waals surface area (Å²) < 4.78 is 124. The van der Waals surface area contributed by atoms with Gasteiger partial charge in [0, 0.05) is 33.7 Å². The lowest BCUT2D eigenvalue weighted by atomic mass is 10.0. The lowest BCUT2D eigenvalue weighted by Crippen LogP contribution is -2.07. The summed E-state index contributed by atoms with van der Waals surface area (Å²) in [6, 6.07) is 24.0. The van der Waals surface area contributed by atoms with Crippen molar-refractivity contribution in [3.05, 3.63) is 153 Å². The van der Waals surface area contributed by atoms with E-state index in [0.29, 0.717) is 16.5 Å². The second-order valence-electron chi connectivity index (χ2n) is 11.6. The largest absolute Gasteiger partial charge is 0.338 e. The summed E-state index contributed by atoms with van der Waals surface area (Å²) in [4.78, 5) is 0. The predicted octanol–water partition coefficient (Wildman–Crippen LogP) is 12.5. The monoisotopic (exact) mass is 800 g/mol. The number of nitrogens with one attached hydrogen (secondary N) is 4. The van der Waals surface area contributed by atoms with Crippen LogP contribution in [-0.4, -0.2) is 20.4 Å².